The van der Waals surface area contributed by atoms with Crippen molar-refractivity contribution in [2.45, 2.75) is 13.8 Å². The van der Waals surface area contributed by atoms with E-state index in [1.54, 1.807) is 19.1 Å². The molecule has 0 aliphatic carbocycles. The van der Waals surface area contributed by atoms with Gasteiger partial charge in [-0.1, -0.05) is 29.8 Å². The Labute approximate surface area is 145 Å². The summed E-state index contributed by atoms with van der Waals surface area (Å²) < 4.78 is 10.4. The first kappa shape index (κ1) is 17.8. The molecule has 0 spiro atoms. The fourth-order valence-corrected chi connectivity index (χ4v) is 2.22. The van der Waals surface area contributed by atoms with E-state index in [0.29, 0.717) is 11.4 Å². The van der Waals surface area contributed by atoms with Gasteiger partial charge in [-0.05, 0) is 43.7 Å². The summed E-state index contributed by atoms with van der Waals surface area (Å²) in [6, 6.07) is 12.0. The van der Waals surface area contributed by atoms with E-state index in [9.17, 15) is 9.59 Å². The molecule has 0 bridgehead atoms. The number of benzene rings is 2. The molecule has 0 aliphatic heterocycles. The van der Waals surface area contributed by atoms with Gasteiger partial charge in [-0.2, -0.15) is 0 Å². The number of halogens is 1. The highest BCUT2D eigenvalue weighted by Gasteiger charge is 2.13. The summed E-state index contributed by atoms with van der Waals surface area (Å²) >= 11 is 5.98. The Morgan fingerprint density at radius 1 is 1.17 bits per heavy atom. The average molecular weight is 348 g/mol. The van der Waals surface area contributed by atoms with Crippen molar-refractivity contribution in [2.24, 2.45) is 0 Å². The van der Waals surface area contributed by atoms with Crippen LogP contribution in [0.4, 0.5) is 5.69 Å². The lowest BCUT2D eigenvalue weighted by atomic mass is 10.2. The molecule has 5 nitrogen and oxygen atoms in total. The third kappa shape index (κ3) is 4.73. The zero-order valence-corrected chi connectivity index (χ0v) is 14.2. The number of esters is 1. The van der Waals surface area contributed by atoms with Gasteiger partial charge in [0.15, 0.2) is 6.61 Å². The third-order valence-electron chi connectivity index (χ3n) is 3.20. The Balaban J connectivity index is 2.00. The summed E-state index contributed by atoms with van der Waals surface area (Å²) in [5, 5.41) is 2.93. The summed E-state index contributed by atoms with van der Waals surface area (Å²) in [5.74, 6) is -0.221. The van der Waals surface area contributed by atoms with Crippen LogP contribution in [0.25, 0.3) is 0 Å². The van der Waals surface area contributed by atoms with Crippen LogP contribution in [0.2, 0.25) is 5.02 Å². The first-order chi connectivity index (χ1) is 11.5. The maximum absolute atomic E-state index is 12.0. The molecule has 0 heterocycles. The number of hydrogen-bond donors (Lipinski definition) is 1. The SMILES string of the molecule is CCOC(=O)c1cc(NC(=O)COc2ccccc2C)ccc1Cl. The van der Waals surface area contributed by atoms with Crippen LogP contribution in [0.5, 0.6) is 5.75 Å². The molecule has 0 saturated carbocycles. The van der Waals surface area contributed by atoms with Gasteiger partial charge < -0.3 is 14.8 Å². The van der Waals surface area contributed by atoms with E-state index >= 15 is 0 Å². The standard InChI is InChI=1S/C18H18ClNO4/c1-3-23-18(22)14-10-13(8-9-15(14)19)20-17(21)11-24-16-7-5-4-6-12(16)2/h4-10H,3,11H2,1-2H3,(H,20,21). The predicted molar refractivity (Wildman–Crippen MR) is 92.7 cm³/mol. The molecule has 0 unspecified atom stereocenters. The zero-order chi connectivity index (χ0) is 17.5. The minimum Gasteiger partial charge on any atom is -0.483 e. The van der Waals surface area contributed by atoms with Crippen molar-refractivity contribution in [3.05, 3.63) is 58.6 Å². The van der Waals surface area contributed by atoms with E-state index in [-0.39, 0.29) is 29.7 Å². The molecule has 2 aromatic carbocycles. The molecule has 0 atom stereocenters. The van der Waals surface area contributed by atoms with Crippen LogP contribution >= 0.6 is 11.6 Å². The Morgan fingerprint density at radius 2 is 1.92 bits per heavy atom. The number of amides is 1. The molecule has 24 heavy (non-hydrogen) atoms. The Hall–Kier alpha value is -2.53. The molecular formula is C18H18ClNO4. The van der Waals surface area contributed by atoms with Gasteiger partial charge in [0.05, 0.1) is 17.2 Å². The van der Waals surface area contributed by atoms with E-state index in [1.165, 1.54) is 12.1 Å². The van der Waals surface area contributed by atoms with Crippen LogP contribution in [0, 0.1) is 6.92 Å². The molecule has 0 aromatic heterocycles. The molecule has 6 heteroatoms. The zero-order valence-electron chi connectivity index (χ0n) is 13.5. The van der Waals surface area contributed by atoms with E-state index < -0.39 is 5.97 Å². The highest BCUT2D eigenvalue weighted by Crippen LogP contribution is 2.22. The number of rotatable bonds is 6. The van der Waals surface area contributed by atoms with Gasteiger partial charge in [-0.15, -0.1) is 0 Å². The fourth-order valence-electron chi connectivity index (χ4n) is 2.03. The summed E-state index contributed by atoms with van der Waals surface area (Å²) in [4.78, 5) is 23.8. The van der Waals surface area contributed by atoms with Gasteiger partial charge >= 0.3 is 5.97 Å². The maximum Gasteiger partial charge on any atom is 0.339 e. The summed E-state index contributed by atoms with van der Waals surface area (Å²) in [5.41, 5.74) is 1.60. The largest absolute Gasteiger partial charge is 0.483 e. The highest BCUT2D eigenvalue weighted by atomic mass is 35.5. The second-order valence-corrected chi connectivity index (χ2v) is 5.42. The number of aryl methyl sites for hydroxylation is 1. The molecule has 0 saturated heterocycles. The third-order valence-corrected chi connectivity index (χ3v) is 3.53. The Kier molecular flexibility index (Phi) is 6.21. The quantitative estimate of drug-likeness (QED) is 0.806. The highest BCUT2D eigenvalue weighted by molar-refractivity contribution is 6.33. The van der Waals surface area contributed by atoms with E-state index in [1.807, 2.05) is 25.1 Å². The lowest BCUT2D eigenvalue weighted by Crippen LogP contribution is -2.20. The number of carbonyl (C=O) groups is 2. The smallest absolute Gasteiger partial charge is 0.339 e. The van der Waals surface area contributed by atoms with E-state index in [2.05, 4.69) is 5.32 Å². The molecule has 126 valence electrons. The maximum atomic E-state index is 12.0. The second kappa shape index (κ2) is 8.36. The molecule has 0 aliphatic rings. The van der Waals surface area contributed by atoms with Crippen molar-refractivity contribution in [3.8, 4) is 5.75 Å². The van der Waals surface area contributed by atoms with Crippen molar-refractivity contribution in [2.75, 3.05) is 18.5 Å². The Morgan fingerprint density at radius 3 is 2.62 bits per heavy atom. The first-order valence-corrected chi connectivity index (χ1v) is 7.84. The van der Waals surface area contributed by atoms with Crippen LogP contribution in [0.1, 0.15) is 22.8 Å². The topological polar surface area (TPSA) is 64.6 Å². The summed E-state index contributed by atoms with van der Waals surface area (Å²) in [6.07, 6.45) is 0. The van der Waals surface area contributed by atoms with Gasteiger partial charge in [0.2, 0.25) is 0 Å². The van der Waals surface area contributed by atoms with Gasteiger partial charge in [0.25, 0.3) is 5.91 Å². The molecule has 2 rings (SSSR count). The first-order valence-electron chi connectivity index (χ1n) is 7.46. The van der Waals surface area contributed by atoms with Crippen molar-refractivity contribution in [1.82, 2.24) is 0 Å². The normalized spacial score (nSPS) is 10.1. The average Bonchev–Trinajstić information content (AvgIpc) is 2.56. The number of nitrogens with one attached hydrogen (secondary N) is 1. The lowest BCUT2D eigenvalue weighted by molar-refractivity contribution is -0.118. The van der Waals surface area contributed by atoms with E-state index in [4.69, 9.17) is 21.1 Å². The van der Waals surface area contributed by atoms with Gasteiger partial charge in [-0.3, -0.25) is 4.79 Å². The minimum atomic E-state index is -0.533. The van der Waals surface area contributed by atoms with Crippen molar-refractivity contribution in [1.29, 1.82) is 0 Å². The summed E-state index contributed by atoms with van der Waals surface area (Å²) in [7, 11) is 0. The molecular weight excluding hydrogens is 330 g/mol. The van der Waals surface area contributed by atoms with Gasteiger partial charge in [0.1, 0.15) is 5.75 Å². The fraction of sp³-hybridized carbons (Fsp3) is 0.222. The van der Waals surface area contributed by atoms with E-state index in [0.717, 1.165) is 5.56 Å². The van der Waals surface area contributed by atoms with Gasteiger partial charge in [-0.25, -0.2) is 4.79 Å². The number of carbonyl (C=O) groups excluding carboxylic acids is 2. The molecule has 1 amide bonds. The molecule has 1 N–H and O–H groups in total. The monoisotopic (exact) mass is 347 g/mol. The lowest BCUT2D eigenvalue weighted by Gasteiger charge is -2.11. The van der Waals surface area contributed by atoms with Crippen LogP contribution in [0.3, 0.4) is 0 Å². The van der Waals surface area contributed by atoms with Crippen molar-refractivity contribution in [3.63, 3.8) is 0 Å². The van der Waals surface area contributed by atoms with Crippen molar-refractivity contribution < 1.29 is 19.1 Å². The van der Waals surface area contributed by atoms with Crippen LogP contribution < -0.4 is 10.1 Å². The number of hydrogen-bond acceptors (Lipinski definition) is 4. The molecule has 0 fully saturated rings. The Bertz CT molecular complexity index is 746. The van der Waals surface area contributed by atoms with Crippen LogP contribution in [-0.4, -0.2) is 25.1 Å². The van der Waals surface area contributed by atoms with Crippen LogP contribution in [0.15, 0.2) is 42.5 Å². The summed E-state index contributed by atoms with van der Waals surface area (Å²) in [6.45, 7) is 3.72. The molecule has 0 radical (unpaired) electrons. The van der Waals surface area contributed by atoms with Crippen LogP contribution in [-0.2, 0) is 9.53 Å². The molecule has 2 aromatic rings. The second-order valence-electron chi connectivity index (χ2n) is 5.02. The minimum absolute atomic E-state index is 0.137. The van der Waals surface area contributed by atoms with Gasteiger partial charge in [0, 0.05) is 5.69 Å². The number of ether oxygens (including phenoxy) is 2. The number of para-hydroxylation sites is 1. The van der Waals surface area contributed by atoms with Crippen molar-refractivity contribution >= 4 is 29.2 Å². The predicted octanol–water partition coefficient (Wildman–Crippen LogP) is 3.84. The number of anilines is 1.